The fourth-order valence-corrected chi connectivity index (χ4v) is 2.55. The molecule has 4 nitrogen and oxygen atoms in total. The van der Waals surface area contributed by atoms with Crippen molar-refractivity contribution in [2.75, 3.05) is 13.0 Å². The molecule has 29 heavy (non-hydrogen) atoms. The third-order valence-electron chi connectivity index (χ3n) is 3.96. The van der Waals surface area contributed by atoms with E-state index in [-0.39, 0.29) is 22.3 Å². The van der Waals surface area contributed by atoms with Crippen LogP contribution in [0.4, 0.5) is 0 Å². The molecule has 4 heteroatoms. The number of aryl methyl sites for hydroxylation is 1. The highest BCUT2D eigenvalue weighted by Crippen LogP contribution is 2.22. The minimum Gasteiger partial charge on any atom is -0.478 e. The standard InChI is InChI=1S/C25H27NO3/c1-18-6-2-11-22(14-18)24(27)17-26-13-5-8-19-7-3-9-20(15-19)21-10-4-12-23(16-21)25(28)29/h2-4,6-7,9-12,14-16,24,26-27H,5,8,13,17H2,1H3,(H,28,29)/t24-/m0/s1/i3D,5D2,7D,9D,13D2,15D,17D2,24D. The van der Waals surface area contributed by atoms with E-state index < -0.39 is 67.6 Å². The van der Waals surface area contributed by atoms with Gasteiger partial charge < -0.3 is 15.5 Å². The van der Waals surface area contributed by atoms with Gasteiger partial charge in [-0.3, -0.25) is 0 Å². The van der Waals surface area contributed by atoms with Gasteiger partial charge in [0.25, 0.3) is 0 Å². The minimum absolute atomic E-state index is 0.0557. The van der Waals surface area contributed by atoms with Gasteiger partial charge >= 0.3 is 5.97 Å². The molecule has 3 rings (SSSR count). The Hall–Kier alpha value is -2.95. The summed E-state index contributed by atoms with van der Waals surface area (Å²) in [5, 5.41) is 21.8. The summed E-state index contributed by atoms with van der Waals surface area (Å²) in [6, 6.07) is 8.31. The molecule has 0 aliphatic heterocycles. The summed E-state index contributed by atoms with van der Waals surface area (Å²) >= 11 is 0. The Morgan fingerprint density at radius 2 is 2.03 bits per heavy atom. The van der Waals surface area contributed by atoms with Crippen LogP contribution in [0.5, 0.6) is 0 Å². The van der Waals surface area contributed by atoms with Gasteiger partial charge in [0.1, 0.15) is 0 Å². The maximum Gasteiger partial charge on any atom is 0.335 e. The lowest BCUT2D eigenvalue weighted by Crippen LogP contribution is -2.22. The number of carbonyl (C=O) groups is 1. The number of hydrogen-bond donors (Lipinski definition) is 3. The van der Waals surface area contributed by atoms with Gasteiger partial charge in [-0.05, 0) is 60.6 Å². The molecule has 0 aliphatic rings. The molecule has 0 saturated heterocycles. The van der Waals surface area contributed by atoms with E-state index in [1.54, 1.807) is 18.3 Å². The van der Waals surface area contributed by atoms with E-state index >= 15 is 0 Å². The molecule has 0 radical (unpaired) electrons. The molecule has 0 spiro atoms. The van der Waals surface area contributed by atoms with Gasteiger partial charge in [-0.1, -0.05) is 66.1 Å². The summed E-state index contributed by atoms with van der Waals surface area (Å²) in [5.74, 6) is -1.28. The second-order valence-corrected chi connectivity index (χ2v) is 6.19. The Labute approximate surface area is 187 Å². The van der Waals surface area contributed by atoms with E-state index in [4.69, 9.17) is 15.1 Å². The zero-order chi connectivity index (χ0) is 30.4. The van der Waals surface area contributed by atoms with Crippen LogP contribution in [0.15, 0.2) is 72.7 Å². The fraction of sp³-hybridized carbons (Fsp3) is 0.240. The Balaban J connectivity index is 2.05. The van der Waals surface area contributed by atoms with Gasteiger partial charge in [0.15, 0.2) is 0 Å². The Bertz CT molecular complexity index is 1460. The second-order valence-electron chi connectivity index (χ2n) is 6.19. The second kappa shape index (κ2) is 10.0. The summed E-state index contributed by atoms with van der Waals surface area (Å²) in [7, 11) is 0. The molecule has 150 valence electrons. The van der Waals surface area contributed by atoms with Crippen LogP contribution in [0.25, 0.3) is 11.1 Å². The molecule has 3 N–H and O–H groups in total. The van der Waals surface area contributed by atoms with Crippen LogP contribution in [-0.4, -0.2) is 29.2 Å². The lowest BCUT2D eigenvalue weighted by molar-refractivity contribution is 0.0697. The normalized spacial score (nSPS) is 20.0. The van der Waals surface area contributed by atoms with Gasteiger partial charge in [0.2, 0.25) is 0 Å². The quantitative estimate of drug-likeness (QED) is 0.490. The summed E-state index contributed by atoms with van der Waals surface area (Å²) in [6.45, 7) is -4.88. The van der Waals surface area contributed by atoms with Gasteiger partial charge in [-0.2, -0.15) is 0 Å². The molecule has 3 aromatic rings. The monoisotopic (exact) mass is 400 g/mol. The van der Waals surface area contributed by atoms with Crippen LogP contribution in [0, 0.1) is 6.92 Å². The highest BCUT2D eigenvalue weighted by molar-refractivity contribution is 5.89. The van der Waals surface area contributed by atoms with Gasteiger partial charge in [0.05, 0.1) is 18.5 Å². The topological polar surface area (TPSA) is 69.6 Å². The van der Waals surface area contributed by atoms with Gasteiger partial charge in [-0.25, -0.2) is 4.79 Å². The molecular formula is C25H27NO3. The lowest BCUT2D eigenvalue weighted by Gasteiger charge is -2.13. The number of hydrogen-bond acceptors (Lipinski definition) is 3. The summed E-state index contributed by atoms with van der Waals surface area (Å²) in [6.07, 6.45) is -7.16. The zero-order valence-corrected chi connectivity index (χ0v) is 15.6. The van der Waals surface area contributed by atoms with E-state index in [1.807, 2.05) is 0 Å². The SMILES string of the molecule is [2H]c1c([2H])c(CC([2H])([2H])C([2H])([2H])NC([2H])([2H])[C@]([2H])(O)c2cccc(C)c2)c([2H])c(-c2cccc(C(=O)O)c2)c1[2H]. The van der Waals surface area contributed by atoms with Crippen molar-refractivity contribution in [1.29, 1.82) is 0 Å². The van der Waals surface area contributed by atoms with Crippen LogP contribution in [-0.2, 0) is 6.42 Å². The molecule has 0 bridgehead atoms. The fourth-order valence-electron chi connectivity index (χ4n) is 2.55. The summed E-state index contributed by atoms with van der Waals surface area (Å²) in [5.41, 5.74) is -0.445. The van der Waals surface area contributed by atoms with Crippen molar-refractivity contribution < 1.29 is 30.1 Å². The first kappa shape index (κ1) is 10.7. The van der Waals surface area contributed by atoms with E-state index in [0.717, 1.165) is 6.07 Å². The number of carboxylic acid groups (broad SMARTS) is 1. The van der Waals surface area contributed by atoms with E-state index in [0.29, 0.717) is 5.56 Å². The zero-order valence-electron chi connectivity index (χ0n) is 26.6. The Kier molecular flexibility index (Phi) is 3.70. The average molecular weight is 401 g/mol. The third kappa shape index (κ3) is 6.01. The summed E-state index contributed by atoms with van der Waals surface area (Å²) in [4.78, 5) is 11.4. The van der Waals surface area contributed by atoms with Crippen molar-refractivity contribution in [3.8, 4) is 11.1 Å². The Morgan fingerprint density at radius 1 is 1.21 bits per heavy atom. The molecular weight excluding hydrogens is 362 g/mol. The molecule has 1 atom stereocenters. The number of carboxylic acids is 1. The van der Waals surface area contributed by atoms with E-state index in [2.05, 4.69) is 0 Å². The van der Waals surface area contributed by atoms with Crippen LogP contribution >= 0.6 is 0 Å². The van der Waals surface area contributed by atoms with E-state index in [9.17, 15) is 15.0 Å². The van der Waals surface area contributed by atoms with E-state index in [1.165, 1.54) is 36.4 Å². The first-order valence-electron chi connectivity index (χ1n) is 14.3. The highest BCUT2D eigenvalue weighted by Gasteiger charge is 2.07. The molecule has 0 aromatic heterocycles. The molecule has 0 unspecified atom stereocenters. The number of nitrogens with one attached hydrogen (secondary N) is 1. The predicted molar refractivity (Wildman–Crippen MR) is 116 cm³/mol. The number of aromatic carboxylic acids is 1. The lowest BCUT2D eigenvalue weighted by atomic mass is 9.99. The third-order valence-corrected chi connectivity index (χ3v) is 3.96. The smallest absolute Gasteiger partial charge is 0.335 e. The minimum atomic E-state index is -3.29. The van der Waals surface area contributed by atoms with Gasteiger partial charge in [-0.15, -0.1) is 0 Å². The number of aliphatic hydroxyl groups is 1. The van der Waals surface area contributed by atoms with Crippen molar-refractivity contribution in [2.24, 2.45) is 0 Å². The Morgan fingerprint density at radius 3 is 2.83 bits per heavy atom. The first-order valence-corrected chi connectivity index (χ1v) is 8.75. The predicted octanol–water partition coefficient (Wildman–Crippen LogP) is 4.62. The first-order chi connectivity index (χ1) is 18.2. The average Bonchev–Trinajstić information content (AvgIpc) is 2.85. The molecule has 0 fully saturated rings. The maximum absolute atomic E-state index is 11.4. The van der Waals surface area contributed by atoms with Crippen molar-refractivity contribution in [1.82, 2.24) is 5.32 Å². The van der Waals surface area contributed by atoms with Crippen molar-refractivity contribution >= 4 is 5.97 Å². The molecule has 0 saturated carbocycles. The summed E-state index contributed by atoms with van der Waals surface area (Å²) < 4.78 is 91.6. The van der Waals surface area contributed by atoms with Crippen LogP contribution in [0.3, 0.4) is 0 Å². The molecule has 0 aliphatic carbocycles. The highest BCUT2D eigenvalue weighted by atomic mass is 16.4. The largest absolute Gasteiger partial charge is 0.478 e. The molecule has 3 aromatic carbocycles. The van der Waals surface area contributed by atoms with Crippen molar-refractivity contribution in [2.45, 2.75) is 25.8 Å². The number of benzene rings is 3. The molecule has 0 heterocycles. The van der Waals surface area contributed by atoms with Crippen LogP contribution in [0.1, 0.15) is 54.6 Å². The maximum atomic E-state index is 11.4. The van der Waals surface area contributed by atoms with Crippen LogP contribution < -0.4 is 5.32 Å². The van der Waals surface area contributed by atoms with Crippen molar-refractivity contribution in [3.63, 3.8) is 0 Å². The van der Waals surface area contributed by atoms with Crippen molar-refractivity contribution in [3.05, 3.63) is 95.0 Å². The number of rotatable bonds is 9. The van der Waals surface area contributed by atoms with Gasteiger partial charge in [0, 0.05) is 14.7 Å². The molecule has 0 amide bonds. The van der Waals surface area contributed by atoms with Crippen LogP contribution in [0.2, 0.25) is 0 Å².